The predicted octanol–water partition coefficient (Wildman–Crippen LogP) is 3.64. The molecule has 4 rings (SSSR count). The molecule has 2 aromatic rings. The number of rotatable bonds is 2. The lowest BCUT2D eigenvalue weighted by Gasteiger charge is -2.09. The Morgan fingerprint density at radius 1 is 1.26 bits per heavy atom. The number of aromatic nitrogens is 2. The topological polar surface area (TPSA) is 50.2 Å². The highest BCUT2D eigenvalue weighted by Gasteiger charge is 2.35. The fraction of sp³-hybridized carbons (Fsp3) is 0.417. The lowest BCUT2D eigenvalue weighted by atomic mass is 10.2. The lowest BCUT2D eigenvalue weighted by Crippen LogP contribution is -2.09. The summed E-state index contributed by atoms with van der Waals surface area (Å²) in [6.07, 6.45) is 2.71. The highest BCUT2D eigenvalue weighted by molar-refractivity contribution is 8.15. The van der Waals surface area contributed by atoms with Gasteiger partial charge in [0, 0.05) is 5.25 Å². The third-order valence-electron chi connectivity index (χ3n) is 3.43. The van der Waals surface area contributed by atoms with Crippen LogP contribution in [-0.2, 0) is 0 Å². The van der Waals surface area contributed by atoms with E-state index in [4.69, 9.17) is 11.6 Å². The number of thioether (sulfide) groups is 1. The molecule has 0 spiro atoms. The molecule has 1 aliphatic carbocycles. The summed E-state index contributed by atoms with van der Waals surface area (Å²) in [5.74, 6) is 0.861. The van der Waals surface area contributed by atoms with Gasteiger partial charge in [0.2, 0.25) is 0 Å². The van der Waals surface area contributed by atoms with E-state index in [-0.39, 0.29) is 0 Å². The van der Waals surface area contributed by atoms with Crippen molar-refractivity contribution >= 4 is 57.0 Å². The molecule has 2 aliphatic rings. The Labute approximate surface area is 124 Å². The van der Waals surface area contributed by atoms with E-state index in [0.717, 1.165) is 34.4 Å². The van der Waals surface area contributed by atoms with E-state index in [1.54, 1.807) is 0 Å². The van der Waals surface area contributed by atoms with Gasteiger partial charge in [-0.1, -0.05) is 23.4 Å². The van der Waals surface area contributed by atoms with Crippen molar-refractivity contribution in [2.75, 3.05) is 11.9 Å². The third-order valence-corrected chi connectivity index (χ3v) is 5.58. The Morgan fingerprint density at radius 3 is 3.00 bits per heavy atom. The molecule has 1 saturated carbocycles. The van der Waals surface area contributed by atoms with Gasteiger partial charge in [0.05, 0.1) is 29.0 Å². The van der Waals surface area contributed by atoms with E-state index in [2.05, 4.69) is 19.1 Å². The fourth-order valence-corrected chi connectivity index (χ4v) is 4.18. The maximum absolute atomic E-state index is 6.26. The summed E-state index contributed by atoms with van der Waals surface area (Å²) in [4.78, 5) is 4.57. The average molecular weight is 311 g/mol. The van der Waals surface area contributed by atoms with Crippen LogP contribution < -0.4 is 5.32 Å². The van der Waals surface area contributed by atoms with Gasteiger partial charge in [0.25, 0.3) is 0 Å². The standard InChI is InChI=1S/C12H11ClN4S2/c13-7-3-4-8-11(17-19-16-8)10(7)15-12-14-5-9(18-12)6-1-2-6/h3-4,6,9H,1-2,5H2,(H,14,15). The summed E-state index contributed by atoms with van der Waals surface area (Å²) in [6, 6.07) is 3.75. The van der Waals surface area contributed by atoms with Gasteiger partial charge >= 0.3 is 0 Å². The Kier molecular flexibility index (Phi) is 2.90. The molecule has 98 valence electrons. The minimum Gasteiger partial charge on any atom is -0.332 e. The van der Waals surface area contributed by atoms with Crippen LogP contribution in [0.1, 0.15) is 12.8 Å². The molecule has 1 aliphatic heterocycles. The van der Waals surface area contributed by atoms with Gasteiger partial charge in [-0.15, -0.1) is 0 Å². The molecule has 1 aromatic carbocycles. The number of anilines is 1. The van der Waals surface area contributed by atoms with Crippen LogP contribution in [0.2, 0.25) is 5.02 Å². The van der Waals surface area contributed by atoms with Crippen LogP contribution in [0.5, 0.6) is 0 Å². The lowest BCUT2D eigenvalue weighted by molar-refractivity contribution is 0.773. The molecule has 1 fully saturated rings. The van der Waals surface area contributed by atoms with Crippen molar-refractivity contribution in [3.63, 3.8) is 0 Å². The number of hydrogen-bond acceptors (Lipinski definition) is 6. The van der Waals surface area contributed by atoms with E-state index in [0.29, 0.717) is 10.3 Å². The second-order valence-electron chi connectivity index (χ2n) is 4.82. The van der Waals surface area contributed by atoms with Crippen molar-refractivity contribution in [1.29, 1.82) is 0 Å². The molecule has 0 saturated heterocycles. The van der Waals surface area contributed by atoms with Crippen LogP contribution in [0.15, 0.2) is 17.1 Å². The normalized spacial score (nSPS) is 22.8. The molecule has 19 heavy (non-hydrogen) atoms. The molecule has 2 heterocycles. The number of nitrogens with one attached hydrogen (secondary N) is 1. The first kappa shape index (κ1) is 11.9. The highest BCUT2D eigenvalue weighted by atomic mass is 35.5. The van der Waals surface area contributed by atoms with Gasteiger partial charge < -0.3 is 5.32 Å². The molecule has 0 amide bonds. The Balaban J connectivity index is 1.61. The van der Waals surface area contributed by atoms with Crippen molar-refractivity contribution in [3.05, 3.63) is 17.2 Å². The summed E-state index contributed by atoms with van der Waals surface area (Å²) >= 11 is 9.30. The number of amidine groups is 1. The van der Waals surface area contributed by atoms with Gasteiger partial charge in [-0.25, -0.2) is 0 Å². The number of fused-ring (bicyclic) bond motifs is 1. The van der Waals surface area contributed by atoms with Crippen LogP contribution in [0, 0.1) is 5.92 Å². The zero-order valence-corrected chi connectivity index (χ0v) is 12.4. The first-order valence-electron chi connectivity index (χ1n) is 6.20. The minimum absolute atomic E-state index is 0.647. The predicted molar refractivity (Wildman–Crippen MR) is 82.5 cm³/mol. The number of aliphatic imine (C=N–C) groups is 1. The molecule has 1 aromatic heterocycles. The maximum Gasteiger partial charge on any atom is 0.161 e. The molecule has 0 radical (unpaired) electrons. The summed E-state index contributed by atoms with van der Waals surface area (Å²) in [6.45, 7) is 0.917. The molecule has 0 bridgehead atoms. The fourth-order valence-electron chi connectivity index (χ4n) is 2.23. The van der Waals surface area contributed by atoms with E-state index < -0.39 is 0 Å². The highest BCUT2D eigenvalue weighted by Crippen LogP contribution is 2.42. The van der Waals surface area contributed by atoms with Crippen LogP contribution in [0.3, 0.4) is 0 Å². The molecular formula is C12H11ClN4S2. The molecule has 1 atom stereocenters. The summed E-state index contributed by atoms with van der Waals surface area (Å²) in [7, 11) is 0. The molecule has 7 heteroatoms. The first-order chi connectivity index (χ1) is 9.31. The van der Waals surface area contributed by atoms with Gasteiger partial charge in [-0.05, 0) is 30.9 Å². The molecule has 1 N–H and O–H groups in total. The quantitative estimate of drug-likeness (QED) is 0.920. The van der Waals surface area contributed by atoms with Crippen molar-refractivity contribution in [1.82, 2.24) is 8.75 Å². The monoisotopic (exact) mass is 310 g/mol. The van der Waals surface area contributed by atoms with E-state index in [1.807, 2.05) is 23.9 Å². The average Bonchev–Trinajstić information content (AvgIpc) is 2.98. The Bertz CT molecular complexity index is 665. The maximum atomic E-state index is 6.26. The summed E-state index contributed by atoms with van der Waals surface area (Å²) in [5.41, 5.74) is 2.53. The zero-order valence-electron chi connectivity index (χ0n) is 9.97. The minimum atomic E-state index is 0.647. The van der Waals surface area contributed by atoms with Gasteiger partial charge in [0.1, 0.15) is 11.0 Å². The van der Waals surface area contributed by atoms with Crippen LogP contribution in [0.25, 0.3) is 11.0 Å². The third kappa shape index (κ3) is 2.22. The zero-order chi connectivity index (χ0) is 12.8. The number of halogens is 1. The second kappa shape index (κ2) is 4.61. The smallest absolute Gasteiger partial charge is 0.161 e. The van der Waals surface area contributed by atoms with E-state index in [1.165, 1.54) is 24.6 Å². The second-order valence-corrected chi connectivity index (χ2v) is 6.98. The van der Waals surface area contributed by atoms with Crippen molar-refractivity contribution in [2.45, 2.75) is 18.1 Å². The molecule has 4 nitrogen and oxygen atoms in total. The van der Waals surface area contributed by atoms with E-state index in [9.17, 15) is 0 Å². The number of hydrogen-bond donors (Lipinski definition) is 1. The van der Waals surface area contributed by atoms with Crippen molar-refractivity contribution in [3.8, 4) is 0 Å². The van der Waals surface area contributed by atoms with Crippen molar-refractivity contribution in [2.24, 2.45) is 10.9 Å². The van der Waals surface area contributed by atoms with Gasteiger partial charge in [-0.3, -0.25) is 4.99 Å². The SMILES string of the molecule is Clc1ccc2nsnc2c1NC1=NCC(C2CC2)S1. The van der Waals surface area contributed by atoms with Gasteiger partial charge in [0.15, 0.2) is 5.17 Å². The van der Waals surface area contributed by atoms with E-state index >= 15 is 0 Å². The molecular weight excluding hydrogens is 300 g/mol. The van der Waals surface area contributed by atoms with Crippen LogP contribution in [-0.4, -0.2) is 25.7 Å². The van der Waals surface area contributed by atoms with Gasteiger partial charge in [-0.2, -0.15) is 8.75 Å². The largest absolute Gasteiger partial charge is 0.332 e. The van der Waals surface area contributed by atoms with Crippen LogP contribution >= 0.6 is 35.1 Å². The summed E-state index contributed by atoms with van der Waals surface area (Å²) < 4.78 is 8.54. The van der Waals surface area contributed by atoms with Crippen LogP contribution in [0.4, 0.5) is 5.69 Å². The first-order valence-corrected chi connectivity index (χ1v) is 8.19. The number of benzene rings is 1. The van der Waals surface area contributed by atoms with Crippen molar-refractivity contribution < 1.29 is 0 Å². The Morgan fingerprint density at radius 2 is 2.16 bits per heavy atom. The number of nitrogens with zero attached hydrogens (tertiary/aromatic N) is 3. The Hall–Kier alpha value is -0.850. The summed E-state index contributed by atoms with van der Waals surface area (Å²) in [5, 5.41) is 5.61. The molecule has 1 unspecified atom stereocenters.